The van der Waals surface area contributed by atoms with Crippen LogP contribution in [0.25, 0.3) is 10.8 Å². The smallest absolute Gasteiger partial charge is 0.230 e. The Kier molecular flexibility index (Phi) is 5.63. The third-order valence-corrected chi connectivity index (χ3v) is 5.67. The molecular formula is C23H23N3OS. The summed E-state index contributed by atoms with van der Waals surface area (Å²) < 4.78 is 0. The van der Waals surface area contributed by atoms with Crippen molar-refractivity contribution in [3.63, 3.8) is 0 Å². The fraction of sp³-hybridized carbons (Fsp3) is 0.217. The Morgan fingerprint density at radius 1 is 1.07 bits per heavy atom. The summed E-state index contributed by atoms with van der Waals surface area (Å²) in [6.45, 7) is 2.13. The van der Waals surface area contributed by atoms with Crippen LogP contribution < -0.4 is 10.6 Å². The van der Waals surface area contributed by atoms with Crippen LogP contribution in [0.3, 0.4) is 0 Å². The molecule has 3 aromatic rings. The van der Waals surface area contributed by atoms with Gasteiger partial charge in [0.25, 0.3) is 0 Å². The number of thioether (sulfide) groups is 1. The van der Waals surface area contributed by atoms with Crippen LogP contribution in [0.15, 0.2) is 71.7 Å². The van der Waals surface area contributed by atoms with E-state index in [-0.39, 0.29) is 11.9 Å². The third-order valence-electron chi connectivity index (χ3n) is 4.80. The lowest BCUT2D eigenvalue weighted by Crippen LogP contribution is -2.30. The third kappa shape index (κ3) is 4.04. The van der Waals surface area contributed by atoms with Gasteiger partial charge < -0.3 is 10.6 Å². The predicted molar refractivity (Wildman–Crippen MR) is 119 cm³/mol. The number of amidine groups is 1. The molecule has 0 fully saturated rings. The van der Waals surface area contributed by atoms with Gasteiger partial charge in [-0.25, -0.2) is 4.99 Å². The maximum atomic E-state index is 12.6. The molecule has 0 aromatic heterocycles. The van der Waals surface area contributed by atoms with Gasteiger partial charge in [-0.3, -0.25) is 4.79 Å². The van der Waals surface area contributed by atoms with Crippen LogP contribution in [-0.2, 0) is 4.79 Å². The molecule has 0 bridgehead atoms. The Morgan fingerprint density at radius 2 is 1.86 bits per heavy atom. The predicted octanol–water partition coefficient (Wildman–Crippen LogP) is 5.64. The number of nitrogens with one attached hydrogen (secondary N) is 2. The van der Waals surface area contributed by atoms with Crippen LogP contribution in [0.1, 0.15) is 31.4 Å². The minimum atomic E-state index is 0.0221. The fourth-order valence-corrected chi connectivity index (χ4v) is 4.20. The molecule has 3 aromatic carbocycles. The molecule has 0 aliphatic carbocycles. The molecule has 28 heavy (non-hydrogen) atoms. The van der Waals surface area contributed by atoms with Crippen molar-refractivity contribution in [3.8, 4) is 0 Å². The second-order valence-corrected chi connectivity index (χ2v) is 7.79. The average molecular weight is 390 g/mol. The van der Waals surface area contributed by atoms with Crippen LogP contribution in [0.2, 0.25) is 0 Å². The number of rotatable bonds is 6. The van der Waals surface area contributed by atoms with E-state index in [1.165, 1.54) is 17.1 Å². The largest absolute Gasteiger partial charge is 0.349 e. The van der Waals surface area contributed by atoms with Crippen molar-refractivity contribution in [2.45, 2.75) is 25.8 Å². The summed E-state index contributed by atoms with van der Waals surface area (Å²) >= 11 is 1.44. The summed E-state index contributed by atoms with van der Waals surface area (Å²) in [7, 11) is 0. The number of hydrogen-bond donors (Lipinski definition) is 2. The molecule has 1 heterocycles. The Balaban J connectivity index is 1.42. The molecule has 1 aliphatic heterocycles. The number of amides is 1. The van der Waals surface area contributed by atoms with Gasteiger partial charge in [0.05, 0.1) is 23.2 Å². The van der Waals surface area contributed by atoms with Gasteiger partial charge in [0.1, 0.15) is 0 Å². The van der Waals surface area contributed by atoms with Gasteiger partial charge in [0.15, 0.2) is 5.17 Å². The minimum Gasteiger partial charge on any atom is -0.349 e. The van der Waals surface area contributed by atoms with E-state index in [1.54, 1.807) is 0 Å². The molecule has 0 saturated heterocycles. The van der Waals surface area contributed by atoms with Crippen LogP contribution >= 0.6 is 11.8 Å². The maximum Gasteiger partial charge on any atom is 0.230 e. The van der Waals surface area contributed by atoms with Gasteiger partial charge in [-0.15, -0.1) is 0 Å². The number of aliphatic imine (C=N–C) groups is 1. The normalized spacial score (nSPS) is 13.5. The Hall–Kier alpha value is -2.79. The second kappa shape index (κ2) is 8.48. The molecule has 0 saturated carbocycles. The first-order valence-corrected chi connectivity index (χ1v) is 10.6. The zero-order valence-corrected chi connectivity index (χ0v) is 16.6. The first-order valence-electron chi connectivity index (χ1n) is 9.59. The number of hydrogen-bond acceptors (Lipinski definition) is 4. The fourth-order valence-electron chi connectivity index (χ4n) is 3.51. The van der Waals surface area contributed by atoms with E-state index in [2.05, 4.69) is 41.8 Å². The van der Waals surface area contributed by atoms with Crippen molar-refractivity contribution in [1.82, 2.24) is 5.32 Å². The van der Waals surface area contributed by atoms with E-state index in [9.17, 15) is 4.79 Å². The molecule has 5 heteroatoms. The van der Waals surface area contributed by atoms with Gasteiger partial charge in [-0.05, 0) is 29.5 Å². The van der Waals surface area contributed by atoms with Crippen molar-refractivity contribution in [1.29, 1.82) is 0 Å². The highest BCUT2D eigenvalue weighted by molar-refractivity contribution is 8.14. The van der Waals surface area contributed by atoms with Gasteiger partial charge in [-0.1, -0.05) is 79.7 Å². The second-order valence-electron chi connectivity index (χ2n) is 6.83. The summed E-state index contributed by atoms with van der Waals surface area (Å²) in [6.07, 6.45) is 1.94. The summed E-state index contributed by atoms with van der Waals surface area (Å²) in [6, 6.07) is 22.5. The van der Waals surface area contributed by atoms with Crippen LogP contribution in [0.4, 0.5) is 11.4 Å². The molecule has 142 valence electrons. The number of nitrogens with zero attached hydrogens (tertiary/aromatic N) is 1. The first-order chi connectivity index (χ1) is 13.7. The Labute approximate surface area is 169 Å². The highest BCUT2D eigenvalue weighted by atomic mass is 32.2. The Morgan fingerprint density at radius 3 is 2.64 bits per heavy atom. The highest BCUT2D eigenvalue weighted by Crippen LogP contribution is 2.36. The number of benzene rings is 3. The van der Waals surface area contributed by atoms with Crippen LogP contribution in [-0.4, -0.2) is 16.8 Å². The van der Waals surface area contributed by atoms with Crippen molar-refractivity contribution < 1.29 is 4.79 Å². The lowest BCUT2D eigenvalue weighted by atomic mass is 10.0. The molecule has 1 aliphatic rings. The maximum absolute atomic E-state index is 12.6. The molecule has 0 unspecified atom stereocenters. The monoisotopic (exact) mass is 389 g/mol. The lowest BCUT2D eigenvalue weighted by Gasteiger charge is -2.20. The topological polar surface area (TPSA) is 53.5 Å². The standard InChI is InChI=1S/C23H23N3OS/c1-2-8-18(16-9-4-3-5-10-16)24-21(27)15-28-23-25-19-13-6-11-17-12-7-14-20(26-23)22(17)19/h3-7,9-14,18H,2,8,15H2,1H3,(H,24,27)(H,25,26)/t18-/m1/s1. The molecule has 4 rings (SSSR count). The summed E-state index contributed by atoms with van der Waals surface area (Å²) in [4.78, 5) is 17.3. The molecule has 1 atom stereocenters. The van der Waals surface area contributed by atoms with Gasteiger partial charge in [0, 0.05) is 5.39 Å². The highest BCUT2D eigenvalue weighted by Gasteiger charge is 2.17. The van der Waals surface area contributed by atoms with E-state index < -0.39 is 0 Å². The van der Waals surface area contributed by atoms with Crippen molar-refractivity contribution in [3.05, 3.63) is 72.3 Å². The average Bonchev–Trinajstić information content (AvgIpc) is 2.73. The molecule has 2 N–H and O–H groups in total. The van der Waals surface area contributed by atoms with Crippen LogP contribution in [0, 0.1) is 0 Å². The van der Waals surface area contributed by atoms with Crippen molar-refractivity contribution in [2.75, 3.05) is 11.1 Å². The van der Waals surface area contributed by atoms with Gasteiger partial charge in [0.2, 0.25) is 5.91 Å². The van der Waals surface area contributed by atoms with Gasteiger partial charge in [-0.2, -0.15) is 0 Å². The number of anilines is 1. The molecule has 1 amide bonds. The summed E-state index contributed by atoms with van der Waals surface area (Å²) in [5.41, 5.74) is 3.14. The minimum absolute atomic E-state index is 0.0221. The van der Waals surface area contributed by atoms with E-state index in [1.807, 2.05) is 42.5 Å². The Bertz CT molecular complexity index is 1010. The number of carbonyl (C=O) groups excluding carboxylic acids is 1. The zero-order chi connectivity index (χ0) is 19.3. The molecule has 0 spiro atoms. The molecular weight excluding hydrogens is 366 g/mol. The number of carbonyl (C=O) groups is 1. The van der Waals surface area contributed by atoms with E-state index in [0.29, 0.717) is 5.75 Å². The SMILES string of the molecule is CCC[C@@H](NC(=O)CSC1=Nc2cccc3cccc(c23)N1)c1ccccc1. The van der Waals surface area contributed by atoms with Crippen LogP contribution in [0.5, 0.6) is 0 Å². The first kappa shape index (κ1) is 18.6. The van der Waals surface area contributed by atoms with Crippen molar-refractivity contribution >= 4 is 45.0 Å². The quantitative estimate of drug-likeness (QED) is 0.573. The molecule has 0 radical (unpaired) electrons. The zero-order valence-electron chi connectivity index (χ0n) is 15.8. The molecule has 4 nitrogen and oxygen atoms in total. The summed E-state index contributed by atoms with van der Waals surface area (Å²) in [5, 5.41) is 9.58. The summed E-state index contributed by atoms with van der Waals surface area (Å²) in [5.74, 6) is 0.352. The van der Waals surface area contributed by atoms with Crippen molar-refractivity contribution in [2.24, 2.45) is 4.99 Å². The van der Waals surface area contributed by atoms with Gasteiger partial charge >= 0.3 is 0 Å². The van der Waals surface area contributed by atoms with E-state index in [4.69, 9.17) is 4.99 Å². The lowest BCUT2D eigenvalue weighted by molar-refractivity contribution is -0.119. The van der Waals surface area contributed by atoms with E-state index in [0.717, 1.165) is 40.3 Å². The van der Waals surface area contributed by atoms with E-state index >= 15 is 0 Å².